The highest BCUT2D eigenvalue weighted by Crippen LogP contribution is 2.47. The number of ether oxygens (including phenoxy) is 1. The molecular weight excluding hydrogens is 471 g/mol. The lowest BCUT2D eigenvalue weighted by atomic mass is 9.67. The average molecular weight is 496 g/mol. The number of fused-ring (bicyclic) bond motifs is 1. The summed E-state index contributed by atoms with van der Waals surface area (Å²) in [6.07, 6.45) is 0.594. The van der Waals surface area contributed by atoms with E-state index in [0.717, 1.165) is 36.0 Å². The quantitative estimate of drug-likeness (QED) is 0.471. The lowest BCUT2D eigenvalue weighted by Crippen LogP contribution is -2.46. The average Bonchev–Trinajstić information content (AvgIpc) is 3.38. The van der Waals surface area contributed by atoms with Gasteiger partial charge in [-0.1, -0.05) is 12.1 Å². The van der Waals surface area contributed by atoms with E-state index >= 15 is 0 Å². The van der Waals surface area contributed by atoms with Gasteiger partial charge in [0.15, 0.2) is 0 Å². The molecule has 1 aromatic heterocycles. The number of aromatic nitrogens is 2. The number of carbonyl (C=O) groups is 1. The molecule has 3 aromatic rings. The summed E-state index contributed by atoms with van der Waals surface area (Å²) in [4.78, 5) is 18.6. The van der Waals surface area contributed by atoms with Gasteiger partial charge in [-0.2, -0.15) is 18.4 Å². The van der Waals surface area contributed by atoms with Gasteiger partial charge in [-0.3, -0.25) is 4.90 Å². The van der Waals surface area contributed by atoms with Crippen LogP contribution >= 0.6 is 0 Å². The molecule has 1 aliphatic carbocycles. The van der Waals surface area contributed by atoms with E-state index in [1.165, 1.54) is 17.2 Å². The predicted molar refractivity (Wildman–Crippen MR) is 125 cm³/mol. The molecule has 1 N–H and O–H groups in total. The minimum atomic E-state index is -4.46. The van der Waals surface area contributed by atoms with Gasteiger partial charge in [0.1, 0.15) is 5.60 Å². The summed E-state index contributed by atoms with van der Waals surface area (Å²) >= 11 is 0. The molecule has 2 aromatic carbocycles. The first-order valence-electron chi connectivity index (χ1n) is 11.7. The van der Waals surface area contributed by atoms with Crippen molar-refractivity contribution in [3.63, 3.8) is 0 Å². The van der Waals surface area contributed by atoms with Crippen LogP contribution in [-0.2, 0) is 24.0 Å². The summed E-state index contributed by atoms with van der Waals surface area (Å²) in [6, 6.07) is 12.4. The number of rotatable bonds is 5. The van der Waals surface area contributed by atoms with Crippen LogP contribution in [0, 0.1) is 22.2 Å². The monoisotopic (exact) mass is 495 g/mol. The van der Waals surface area contributed by atoms with Crippen molar-refractivity contribution < 1.29 is 22.7 Å². The van der Waals surface area contributed by atoms with Crippen molar-refractivity contribution in [1.29, 1.82) is 10.7 Å². The zero-order valence-corrected chi connectivity index (χ0v) is 19.4. The fourth-order valence-corrected chi connectivity index (χ4v) is 5.58. The zero-order chi connectivity index (χ0) is 25.6. The molecule has 0 bridgehead atoms. The number of imidazole rings is 1. The maximum Gasteiger partial charge on any atom is 0.416 e. The molecular formula is C26H24F3N5O2. The van der Waals surface area contributed by atoms with Crippen LogP contribution < -0.4 is 0 Å². The van der Waals surface area contributed by atoms with Crippen molar-refractivity contribution in [2.24, 2.45) is 5.41 Å². The maximum absolute atomic E-state index is 13.1. The Bertz CT molecular complexity index is 1380. The van der Waals surface area contributed by atoms with Crippen molar-refractivity contribution in [2.45, 2.75) is 50.6 Å². The van der Waals surface area contributed by atoms with Crippen molar-refractivity contribution >= 4 is 23.3 Å². The topological polar surface area (TPSA) is 95.0 Å². The smallest absolute Gasteiger partial charge is 0.416 e. The summed E-state index contributed by atoms with van der Waals surface area (Å²) in [7, 11) is 0. The molecule has 1 spiro atoms. The second-order valence-electron chi connectivity index (χ2n) is 9.83. The molecule has 10 heteroatoms. The predicted octanol–water partition coefficient (Wildman–Crippen LogP) is 5.53. The van der Waals surface area contributed by atoms with Crippen LogP contribution in [0.3, 0.4) is 0 Å². The van der Waals surface area contributed by atoms with Crippen LogP contribution in [0.25, 0.3) is 11.0 Å². The molecule has 2 unspecified atom stereocenters. The zero-order valence-electron chi connectivity index (χ0n) is 19.4. The number of benzene rings is 2. The number of hydrogen-bond acceptors (Lipinski definition) is 5. The highest BCUT2D eigenvalue weighted by Gasteiger charge is 2.52. The molecule has 1 saturated heterocycles. The number of nitriles is 1. The van der Waals surface area contributed by atoms with Crippen molar-refractivity contribution in [1.82, 2.24) is 14.5 Å². The van der Waals surface area contributed by atoms with Crippen molar-refractivity contribution in [2.75, 3.05) is 6.54 Å². The van der Waals surface area contributed by atoms with Gasteiger partial charge in [0, 0.05) is 31.1 Å². The van der Waals surface area contributed by atoms with Gasteiger partial charge in [-0.15, -0.1) is 0 Å². The molecule has 2 atom stereocenters. The molecule has 186 valence electrons. The van der Waals surface area contributed by atoms with E-state index < -0.39 is 28.8 Å². The van der Waals surface area contributed by atoms with Crippen LogP contribution in [0.5, 0.6) is 0 Å². The summed E-state index contributed by atoms with van der Waals surface area (Å²) in [5.41, 5.74) is 0.275. The number of alkyl halides is 3. The molecule has 2 fully saturated rings. The lowest BCUT2D eigenvalue weighted by molar-refractivity contribution is -0.137. The van der Waals surface area contributed by atoms with Crippen LogP contribution in [-0.4, -0.2) is 38.9 Å². The van der Waals surface area contributed by atoms with E-state index in [1.54, 1.807) is 30.6 Å². The second kappa shape index (κ2) is 8.66. The number of halogens is 3. The molecule has 1 aliphatic heterocycles. The third kappa shape index (κ3) is 4.41. The van der Waals surface area contributed by atoms with Crippen molar-refractivity contribution in [3.8, 4) is 6.07 Å². The molecule has 36 heavy (non-hydrogen) atoms. The van der Waals surface area contributed by atoms with Gasteiger partial charge in [0.05, 0.1) is 41.1 Å². The van der Waals surface area contributed by atoms with E-state index in [0.29, 0.717) is 30.5 Å². The molecule has 2 aliphatic rings. The first-order chi connectivity index (χ1) is 17.1. The van der Waals surface area contributed by atoms with Gasteiger partial charge in [-0.25, -0.2) is 9.78 Å². The van der Waals surface area contributed by atoms with E-state index in [-0.39, 0.29) is 13.1 Å². The van der Waals surface area contributed by atoms with E-state index in [2.05, 4.69) is 11.1 Å². The van der Waals surface area contributed by atoms with E-state index in [1.807, 2.05) is 4.57 Å². The molecule has 7 nitrogen and oxygen atoms in total. The summed E-state index contributed by atoms with van der Waals surface area (Å²) in [6.45, 7) is 0.709. The molecule has 2 heterocycles. The van der Waals surface area contributed by atoms with Gasteiger partial charge in [0.25, 0.3) is 0 Å². The van der Waals surface area contributed by atoms with E-state index in [9.17, 15) is 23.2 Å². The van der Waals surface area contributed by atoms with E-state index in [4.69, 9.17) is 10.1 Å². The Kier molecular flexibility index (Phi) is 5.74. The largest absolute Gasteiger partial charge is 0.441 e. The fraction of sp³-hybridized carbons (Fsp3) is 0.385. The normalized spacial score (nSPS) is 24.2. The Morgan fingerprint density at radius 3 is 2.81 bits per heavy atom. The Hall–Kier alpha value is -3.87. The first-order valence-corrected chi connectivity index (χ1v) is 11.7. The summed E-state index contributed by atoms with van der Waals surface area (Å²) in [5, 5.41) is 17.5. The number of hydrogen-bond donors (Lipinski definition) is 1. The maximum atomic E-state index is 13.1. The first kappa shape index (κ1) is 23.9. The molecule has 1 saturated carbocycles. The molecule has 1 amide bonds. The summed E-state index contributed by atoms with van der Waals surface area (Å²) in [5.74, 6) is 0. The van der Waals surface area contributed by atoms with Crippen LogP contribution in [0.4, 0.5) is 18.0 Å². The molecule has 5 rings (SSSR count). The third-order valence-corrected chi connectivity index (χ3v) is 7.19. The SMILES string of the molecule is N#Cc1ccc2ncn(CC3(C=N)CCCC4(CN(Cc5cccc(C(F)(F)F)c5)C(=O)O4)C3)c2c1. The van der Waals surface area contributed by atoms with Gasteiger partial charge >= 0.3 is 12.3 Å². The Morgan fingerprint density at radius 1 is 1.22 bits per heavy atom. The minimum absolute atomic E-state index is 0.0190. The Morgan fingerprint density at radius 2 is 2.06 bits per heavy atom. The number of nitrogens with zero attached hydrogens (tertiary/aromatic N) is 4. The number of nitrogens with one attached hydrogen (secondary N) is 1. The van der Waals surface area contributed by atoms with Crippen LogP contribution in [0.15, 0.2) is 48.8 Å². The highest BCUT2D eigenvalue weighted by molar-refractivity contribution is 5.77. The van der Waals surface area contributed by atoms with Crippen molar-refractivity contribution in [3.05, 3.63) is 65.5 Å². The molecule has 0 radical (unpaired) electrons. The Labute approximate surface area is 205 Å². The number of carbonyl (C=O) groups excluding carboxylic acids is 1. The lowest BCUT2D eigenvalue weighted by Gasteiger charge is -2.42. The van der Waals surface area contributed by atoms with Gasteiger partial charge < -0.3 is 14.7 Å². The Balaban J connectivity index is 1.36. The number of amides is 1. The highest BCUT2D eigenvalue weighted by atomic mass is 19.4. The minimum Gasteiger partial charge on any atom is -0.441 e. The van der Waals surface area contributed by atoms with Gasteiger partial charge in [-0.05, 0) is 55.2 Å². The standard InChI is InChI=1S/C26H24F3N5O2/c27-26(28,29)20-4-1-3-19(9-20)12-33-16-25(36-23(33)35)8-2-7-24(13-25,14-31)15-34-17-32-21-6-5-18(11-30)10-22(21)34/h1,3-6,9-10,14,17,31H,2,7-8,12-13,15-16H2. The third-order valence-electron chi connectivity index (χ3n) is 7.19. The summed E-state index contributed by atoms with van der Waals surface area (Å²) < 4.78 is 47.1. The van der Waals surface area contributed by atoms with Crippen LogP contribution in [0.1, 0.15) is 42.4 Å². The van der Waals surface area contributed by atoms with Gasteiger partial charge in [0.2, 0.25) is 0 Å². The van der Waals surface area contributed by atoms with Crippen LogP contribution in [0.2, 0.25) is 0 Å². The fourth-order valence-electron chi connectivity index (χ4n) is 5.58. The second-order valence-corrected chi connectivity index (χ2v) is 9.83.